The number of aryl methyl sites for hydroxylation is 2. The first-order chi connectivity index (χ1) is 8.92. The molecule has 108 valence electrons. The maximum absolute atomic E-state index is 5.99. The Balaban J connectivity index is 1.87. The van der Waals surface area contributed by atoms with Crippen LogP contribution in [0.25, 0.3) is 0 Å². The van der Waals surface area contributed by atoms with Crippen molar-refractivity contribution in [2.24, 2.45) is 7.05 Å². The van der Waals surface area contributed by atoms with E-state index in [0.29, 0.717) is 11.6 Å². The number of hydrogen-bond acceptors (Lipinski definition) is 3. The summed E-state index contributed by atoms with van der Waals surface area (Å²) >= 11 is 0. The standard InChI is InChI=1S/C15H27N3O/c1-6-15(3,4)18-9-7-13(8-10-18)19-14-11-12(2)17(5)16-14/h11,13H,6-10H2,1-5H3. The molecule has 0 aromatic carbocycles. The van der Waals surface area contributed by atoms with Crippen LogP contribution in [0.5, 0.6) is 5.88 Å². The van der Waals surface area contributed by atoms with Crippen molar-refractivity contribution in [3.05, 3.63) is 11.8 Å². The van der Waals surface area contributed by atoms with E-state index in [4.69, 9.17) is 4.74 Å². The van der Waals surface area contributed by atoms with Crippen molar-refractivity contribution in [3.8, 4) is 5.88 Å². The summed E-state index contributed by atoms with van der Waals surface area (Å²) in [4.78, 5) is 2.58. The normalized spacial score (nSPS) is 18.8. The fraction of sp³-hybridized carbons (Fsp3) is 0.800. The van der Waals surface area contributed by atoms with Gasteiger partial charge in [0.2, 0.25) is 5.88 Å². The summed E-state index contributed by atoms with van der Waals surface area (Å²) in [6, 6.07) is 2.02. The molecule has 0 atom stereocenters. The van der Waals surface area contributed by atoms with Gasteiger partial charge in [-0.1, -0.05) is 6.92 Å². The molecule has 1 fully saturated rings. The van der Waals surface area contributed by atoms with Crippen LogP contribution >= 0.6 is 0 Å². The maximum atomic E-state index is 5.99. The van der Waals surface area contributed by atoms with E-state index in [-0.39, 0.29) is 0 Å². The first kappa shape index (κ1) is 14.4. The van der Waals surface area contributed by atoms with Crippen molar-refractivity contribution >= 4 is 0 Å². The largest absolute Gasteiger partial charge is 0.473 e. The van der Waals surface area contributed by atoms with Gasteiger partial charge in [-0.2, -0.15) is 0 Å². The third-order valence-electron chi connectivity index (χ3n) is 4.54. The van der Waals surface area contributed by atoms with Crippen molar-refractivity contribution in [1.82, 2.24) is 14.7 Å². The van der Waals surface area contributed by atoms with Crippen LogP contribution < -0.4 is 4.74 Å². The smallest absolute Gasteiger partial charge is 0.233 e. The molecule has 0 saturated carbocycles. The third-order valence-corrected chi connectivity index (χ3v) is 4.54. The molecule has 4 nitrogen and oxygen atoms in total. The molecular formula is C15H27N3O. The van der Waals surface area contributed by atoms with Gasteiger partial charge >= 0.3 is 0 Å². The Labute approximate surface area is 116 Å². The Bertz CT molecular complexity index is 398. The van der Waals surface area contributed by atoms with Crippen LogP contribution in [0.2, 0.25) is 0 Å². The zero-order valence-corrected chi connectivity index (χ0v) is 12.9. The predicted molar refractivity (Wildman–Crippen MR) is 77.5 cm³/mol. The van der Waals surface area contributed by atoms with Gasteiger partial charge in [-0.3, -0.25) is 9.58 Å². The lowest BCUT2D eigenvalue weighted by Crippen LogP contribution is -2.49. The lowest BCUT2D eigenvalue weighted by molar-refractivity contribution is 0.0371. The highest BCUT2D eigenvalue weighted by atomic mass is 16.5. The number of rotatable bonds is 4. The Hall–Kier alpha value is -1.03. The van der Waals surface area contributed by atoms with Gasteiger partial charge in [0.15, 0.2) is 0 Å². The minimum Gasteiger partial charge on any atom is -0.473 e. The van der Waals surface area contributed by atoms with E-state index in [9.17, 15) is 0 Å². The highest BCUT2D eigenvalue weighted by Crippen LogP contribution is 2.25. The average Bonchev–Trinajstić information content (AvgIpc) is 2.69. The molecule has 0 amide bonds. The van der Waals surface area contributed by atoms with Crippen molar-refractivity contribution in [2.75, 3.05) is 13.1 Å². The van der Waals surface area contributed by atoms with Crippen molar-refractivity contribution in [1.29, 1.82) is 0 Å². The van der Waals surface area contributed by atoms with E-state index < -0.39 is 0 Å². The zero-order valence-electron chi connectivity index (χ0n) is 12.9. The molecule has 0 spiro atoms. The molecule has 0 bridgehead atoms. The predicted octanol–water partition coefficient (Wildman–Crippen LogP) is 2.76. The molecule has 2 heterocycles. The first-order valence-corrected chi connectivity index (χ1v) is 7.34. The van der Waals surface area contributed by atoms with Crippen LogP contribution in [0, 0.1) is 6.92 Å². The molecule has 1 aliphatic heterocycles. The third kappa shape index (κ3) is 3.30. The molecule has 1 aromatic heterocycles. The topological polar surface area (TPSA) is 30.3 Å². The summed E-state index contributed by atoms with van der Waals surface area (Å²) in [6.45, 7) is 11.2. The van der Waals surface area contributed by atoms with Crippen LogP contribution in [-0.2, 0) is 7.05 Å². The number of ether oxygens (including phenoxy) is 1. The average molecular weight is 265 g/mol. The van der Waals surface area contributed by atoms with Crippen molar-refractivity contribution < 1.29 is 4.74 Å². The van der Waals surface area contributed by atoms with E-state index in [2.05, 4.69) is 30.8 Å². The highest BCUT2D eigenvalue weighted by molar-refractivity contribution is 5.14. The molecule has 19 heavy (non-hydrogen) atoms. The number of nitrogens with zero attached hydrogens (tertiary/aromatic N) is 3. The van der Waals surface area contributed by atoms with E-state index in [1.165, 1.54) is 6.42 Å². The highest BCUT2D eigenvalue weighted by Gasteiger charge is 2.30. The number of aromatic nitrogens is 2. The molecule has 1 aliphatic rings. The van der Waals surface area contributed by atoms with Gasteiger partial charge in [0.25, 0.3) is 0 Å². The van der Waals surface area contributed by atoms with Gasteiger partial charge in [0.1, 0.15) is 6.10 Å². The lowest BCUT2D eigenvalue weighted by atomic mass is 9.95. The number of hydrogen-bond donors (Lipinski definition) is 0. The van der Waals surface area contributed by atoms with Crippen LogP contribution in [0.1, 0.15) is 45.7 Å². The second-order valence-electron chi connectivity index (χ2n) is 6.22. The van der Waals surface area contributed by atoms with E-state index in [1.54, 1.807) is 0 Å². The van der Waals surface area contributed by atoms with Crippen molar-refractivity contribution in [3.63, 3.8) is 0 Å². The maximum Gasteiger partial charge on any atom is 0.233 e. The molecule has 0 aliphatic carbocycles. The second kappa shape index (κ2) is 5.53. The SMILES string of the molecule is CCC(C)(C)N1CCC(Oc2cc(C)n(C)n2)CC1. The Kier molecular flexibility index (Phi) is 4.19. The Morgan fingerprint density at radius 2 is 2.00 bits per heavy atom. The summed E-state index contributed by atoms with van der Waals surface area (Å²) in [7, 11) is 1.95. The molecule has 0 radical (unpaired) electrons. The van der Waals surface area contributed by atoms with Gasteiger partial charge in [-0.25, -0.2) is 0 Å². The quantitative estimate of drug-likeness (QED) is 0.838. The first-order valence-electron chi connectivity index (χ1n) is 7.34. The molecule has 1 saturated heterocycles. The second-order valence-corrected chi connectivity index (χ2v) is 6.22. The molecule has 0 unspecified atom stereocenters. The summed E-state index contributed by atoms with van der Waals surface area (Å²) in [5, 5.41) is 4.37. The Morgan fingerprint density at radius 1 is 1.37 bits per heavy atom. The number of piperidine rings is 1. The fourth-order valence-electron chi connectivity index (χ4n) is 2.56. The molecule has 0 N–H and O–H groups in total. The molecule has 1 aromatic rings. The summed E-state index contributed by atoms with van der Waals surface area (Å²) in [5.74, 6) is 0.771. The summed E-state index contributed by atoms with van der Waals surface area (Å²) in [6.07, 6.45) is 3.70. The minimum atomic E-state index is 0.312. The van der Waals surface area contributed by atoms with Crippen LogP contribution in [0.3, 0.4) is 0 Å². The van der Waals surface area contributed by atoms with Gasteiger partial charge in [0, 0.05) is 37.4 Å². The summed E-state index contributed by atoms with van der Waals surface area (Å²) < 4.78 is 7.86. The van der Waals surface area contributed by atoms with E-state index in [0.717, 1.165) is 37.5 Å². The molecule has 4 heteroatoms. The summed E-state index contributed by atoms with van der Waals surface area (Å²) in [5.41, 5.74) is 1.45. The molecular weight excluding hydrogens is 238 g/mol. The zero-order chi connectivity index (χ0) is 14.0. The van der Waals surface area contributed by atoms with Crippen LogP contribution in [0.4, 0.5) is 0 Å². The lowest BCUT2D eigenvalue weighted by Gasteiger charge is -2.42. The van der Waals surface area contributed by atoms with E-state index in [1.807, 2.05) is 24.7 Å². The Morgan fingerprint density at radius 3 is 2.47 bits per heavy atom. The minimum absolute atomic E-state index is 0.312. The van der Waals surface area contributed by atoms with Crippen molar-refractivity contribution in [2.45, 2.75) is 58.6 Å². The molecule has 2 rings (SSSR count). The van der Waals surface area contributed by atoms with Crippen LogP contribution in [0.15, 0.2) is 6.07 Å². The monoisotopic (exact) mass is 265 g/mol. The van der Waals surface area contributed by atoms with Gasteiger partial charge in [-0.15, -0.1) is 5.10 Å². The van der Waals surface area contributed by atoms with E-state index >= 15 is 0 Å². The fourth-order valence-corrected chi connectivity index (χ4v) is 2.56. The van der Waals surface area contributed by atoms with Crippen LogP contribution in [-0.4, -0.2) is 39.4 Å². The van der Waals surface area contributed by atoms with Gasteiger partial charge in [-0.05, 0) is 40.0 Å². The van der Waals surface area contributed by atoms with Gasteiger partial charge < -0.3 is 4.74 Å². The van der Waals surface area contributed by atoms with Gasteiger partial charge in [0.05, 0.1) is 0 Å². The number of likely N-dealkylation sites (tertiary alicyclic amines) is 1.